The largest absolute Gasteiger partial charge is 0.507 e. The molecule has 0 bridgehead atoms. The number of phenols is 1. The molecule has 0 saturated heterocycles. The maximum absolute atomic E-state index is 11.1. The average Bonchev–Trinajstić information content (AvgIpc) is 2.25. The summed E-state index contributed by atoms with van der Waals surface area (Å²) in [5.41, 5.74) is 5.93. The van der Waals surface area contributed by atoms with E-state index >= 15 is 0 Å². The quantitative estimate of drug-likeness (QED) is 0.517. The Balaban J connectivity index is 3.03. The van der Waals surface area contributed by atoms with E-state index in [0.717, 1.165) is 0 Å². The normalized spacial score (nSPS) is 8.93. The van der Waals surface area contributed by atoms with E-state index in [-0.39, 0.29) is 17.9 Å². The van der Waals surface area contributed by atoms with Gasteiger partial charge in [0.05, 0.1) is 13.7 Å². The first-order chi connectivity index (χ1) is 7.19. The van der Waals surface area contributed by atoms with Gasteiger partial charge in [-0.15, -0.1) is 0 Å². The Morgan fingerprint density at radius 1 is 1.60 bits per heavy atom. The molecule has 78 valence electrons. The van der Waals surface area contributed by atoms with Crippen LogP contribution in [0.25, 0.3) is 0 Å². The molecule has 0 aliphatic heterocycles. The van der Waals surface area contributed by atoms with Crippen LogP contribution in [0.15, 0.2) is 18.2 Å². The monoisotopic (exact) mass is 205 g/mol. The smallest absolute Gasteiger partial charge is 0.341 e. The number of nitrogens with two attached hydrogens (primary N) is 1. The molecule has 0 atom stereocenters. The van der Waals surface area contributed by atoms with Gasteiger partial charge in [0, 0.05) is 5.56 Å². The fraction of sp³-hybridized carbons (Fsp3) is 0.182. The van der Waals surface area contributed by atoms with Crippen LogP contribution in [0.1, 0.15) is 15.9 Å². The lowest BCUT2D eigenvalue weighted by atomic mass is 10.1. The summed E-state index contributed by atoms with van der Waals surface area (Å²) in [6.07, 6.45) is 0. The predicted molar refractivity (Wildman–Crippen MR) is 55.4 cm³/mol. The van der Waals surface area contributed by atoms with Gasteiger partial charge in [0.25, 0.3) is 0 Å². The molecule has 0 spiro atoms. The third kappa shape index (κ3) is 2.73. The summed E-state index contributed by atoms with van der Waals surface area (Å²) >= 11 is 0. The molecule has 4 heteroatoms. The van der Waals surface area contributed by atoms with E-state index in [1.54, 1.807) is 6.07 Å². The number of carbonyl (C=O) groups is 1. The van der Waals surface area contributed by atoms with Gasteiger partial charge < -0.3 is 15.6 Å². The molecular formula is C11H11NO3. The van der Waals surface area contributed by atoms with E-state index in [4.69, 9.17) is 5.73 Å². The third-order valence-corrected chi connectivity index (χ3v) is 1.74. The van der Waals surface area contributed by atoms with E-state index < -0.39 is 5.97 Å². The average molecular weight is 205 g/mol. The highest BCUT2D eigenvalue weighted by molar-refractivity contribution is 5.92. The number of aromatic hydroxyl groups is 1. The fourth-order valence-corrected chi connectivity index (χ4v) is 1.05. The zero-order valence-corrected chi connectivity index (χ0v) is 8.28. The highest BCUT2D eigenvalue weighted by Gasteiger charge is 2.10. The topological polar surface area (TPSA) is 72.5 Å². The van der Waals surface area contributed by atoms with Crippen LogP contribution in [-0.4, -0.2) is 24.7 Å². The van der Waals surface area contributed by atoms with E-state index in [1.165, 1.54) is 19.2 Å². The molecule has 0 fully saturated rings. The molecule has 0 aromatic heterocycles. The van der Waals surface area contributed by atoms with E-state index in [0.29, 0.717) is 5.56 Å². The summed E-state index contributed by atoms with van der Waals surface area (Å²) in [7, 11) is 1.25. The minimum atomic E-state index is -0.578. The summed E-state index contributed by atoms with van der Waals surface area (Å²) in [4.78, 5) is 11.1. The molecule has 1 aromatic rings. The van der Waals surface area contributed by atoms with Gasteiger partial charge in [0.1, 0.15) is 11.3 Å². The molecule has 0 aliphatic carbocycles. The van der Waals surface area contributed by atoms with Crippen LogP contribution in [0.2, 0.25) is 0 Å². The van der Waals surface area contributed by atoms with Crippen LogP contribution in [0.4, 0.5) is 0 Å². The van der Waals surface area contributed by atoms with Crippen molar-refractivity contribution < 1.29 is 14.6 Å². The zero-order valence-electron chi connectivity index (χ0n) is 8.28. The van der Waals surface area contributed by atoms with Gasteiger partial charge >= 0.3 is 5.97 Å². The molecule has 0 aliphatic rings. The van der Waals surface area contributed by atoms with Crippen LogP contribution in [0.5, 0.6) is 5.75 Å². The molecule has 0 unspecified atom stereocenters. The van der Waals surface area contributed by atoms with Crippen molar-refractivity contribution >= 4 is 5.97 Å². The molecule has 0 amide bonds. The number of rotatable bonds is 1. The van der Waals surface area contributed by atoms with Gasteiger partial charge in [-0.3, -0.25) is 0 Å². The summed E-state index contributed by atoms with van der Waals surface area (Å²) in [5.74, 6) is 4.66. The van der Waals surface area contributed by atoms with Crippen molar-refractivity contribution in [3.8, 4) is 17.6 Å². The molecule has 3 N–H and O–H groups in total. The summed E-state index contributed by atoms with van der Waals surface area (Å²) in [5, 5.41) is 9.49. The Kier molecular flexibility index (Phi) is 3.72. The number of carbonyl (C=O) groups excluding carboxylic acids is 1. The second kappa shape index (κ2) is 5.03. The number of benzene rings is 1. The first-order valence-electron chi connectivity index (χ1n) is 4.29. The highest BCUT2D eigenvalue weighted by Crippen LogP contribution is 2.18. The third-order valence-electron chi connectivity index (χ3n) is 1.74. The number of ether oxygens (including phenoxy) is 1. The number of hydrogen-bond acceptors (Lipinski definition) is 4. The molecule has 0 radical (unpaired) electrons. The molecule has 0 saturated carbocycles. The Morgan fingerprint density at radius 2 is 2.33 bits per heavy atom. The molecule has 15 heavy (non-hydrogen) atoms. The number of esters is 1. The van der Waals surface area contributed by atoms with Crippen LogP contribution < -0.4 is 5.73 Å². The second-order valence-electron chi connectivity index (χ2n) is 2.73. The number of methoxy groups -OCH3 is 1. The van der Waals surface area contributed by atoms with Gasteiger partial charge in [0.15, 0.2) is 0 Å². The van der Waals surface area contributed by atoms with Crippen LogP contribution >= 0.6 is 0 Å². The minimum Gasteiger partial charge on any atom is -0.507 e. The standard InChI is InChI=1S/C11H11NO3/c1-15-11(14)9-5-4-8(3-2-6-12)7-10(9)13/h4-5,7,13H,6,12H2,1H3. The Labute approximate surface area is 87.7 Å². The van der Waals surface area contributed by atoms with Gasteiger partial charge in [-0.1, -0.05) is 11.8 Å². The van der Waals surface area contributed by atoms with Gasteiger partial charge in [-0.2, -0.15) is 0 Å². The molecule has 4 nitrogen and oxygen atoms in total. The van der Waals surface area contributed by atoms with E-state index in [2.05, 4.69) is 16.6 Å². The van der Waals surface area contributed by atoms with E-state index in [1.807, 2.05) is 0 Å². The van der Waals surface area contributed by atoms with Crippen molar-refractivity contribution in [3.05, 3.63) is 29.3 Å². The lowest BCUT2D eigenvalue weighted by Crippen LogP contribution is -2.01. The fourth-order valence-electron chi connectivity index (χ4n) is 1.05. The van der Waals surface area contributed by atoms with Crippen molar-refractivity contribution in [2.75, 3.05) is 13.7 Å². The number of hydrogen-bond donors (Lipinski definition) is 2. The first kappa shape index (κ1) is 11.1. The SMILES string of the molecule is COC(=O)c1ccc(C#CCN)cc1O. The Hall–Kier alpha value is -1.99. The summed E-state index contributed by atoms with van der Waals surface area (Å²) in [6, 6.07) is 4.48. The van der Waals surface area contributed by atoms with Crippen molar-refractivity contribution in [3.63, 3.8) is 0 Å². The first-order valence-corrected chi connectivity index (χ1v) is 4.29. The molecular weight excluding hydrogens is 194 g/mol. The maximum atomic E-state index is 11.1. The van der Waals surface area contributed by atoms with Gasteiger partial charge in [-0.05, 0) is 18.2 Å². The lowest BCUT2D eigenvalue weighted by Gasteiger charge is -2.02. The van der Waals surface area contributed by atoms with Crippen LogP contribution in [-0.2, 0) is 4.74 Å². The van der Waals surface area contributed by atoms with Crippen molar-refractivity contribution in [2.45, 2.75) is 0 Å². The maximum Gasteiger partial charge on any atom is 0.341 e. The van der Waals surface area contributed by atoms with Crippen molar-refractivity contribution in [2.24, 2.45) is 5.73 Å². The van der Waals surface area contributed by atoms with Crippen LogP contribution in [0.3, 0.4) is 0 Å². The molecule has 1 aromatic carbocycles. The van der Waals surface area contributed by atoms with E-state index in [9.17, 15) is 9.90 Å². The van der Waals surface area contributed by atoms with Crippen LogP contribution in [0, 0.1) is 11.8 Å². The highest BCUT2D eigenvalue weighted by atomic mass is 16.5. The van der Waals surface area contributed by atoms with Gasteiger partial charge in [-0.25, -0.2) is 4.79 Å². The minimum absolute atomic E-state index is 0.121. The number of phenolic OH excluding ortho intramolecular Hbond substituents is 1. The predicted octanol–water partition coefficient (Wildman–Crippen LogP) is 0.489. The summed E-state index contributed by atoms with van der Waals surface area (Å²) < 4.78 is 4.48. The van der Waals surface area contributed by atoms with Crippen molar-refractivity contribution in [1.82, 2.24) is 0 Å². The Morgan fingerprint density at radius 3 is 2.87 bits per heavy atom. The summed E-state index contributed by atoms with van der Waals surface area (Å²) in [6.45, 7) is 0.250. The molecule has 1 rings (SSSR count). The Bertz CT molecular complexity index is 429. The lowest BCUT2D eigenvalue weighted by molar-refractivity contribution is 0.0597. The van der Waals surface area contributed by atoms with Crippen molar-refractivity contribution in [1.29, 1.82) is 0 Å². The van der Waals surface area contributed by atoms with Gasteiger partial charge in [0.2, 0.25) is 0 Å². The molecule has 0 heterocycles. The zero-order chi connectivity index (χ0) is 11.3. The second-order valence-corrected chi connectivity index (χ2v) is 2.73.